The van der Waals surface area contributed by atoms with E-state index in [0.29, 0.717) is 6.42 Å². The minimum Gasteiger partial charge on any atom is -0.480 e. The first-order valence-corrected chi connectivity index (χ1v) is 6.83. The predicted molar refractivity (Wildman–Crippen MR) is 70.6 cm³/mol. The Kier molecular flexibility index (Phi) is 4.36. The second kappa shape index (κ2) is 5.88. The Hall–Kier alpha value is -1.83. The Morgan fingerprint density at radius 2 is 1.95 bits per heavy atom. The molecule has 2 unspecified atom stereocenters. The number of alkyl carbamates (subject to hydrolysis) is 1. The number of ether oxygens (including phenoxy) is 2. The van der Waals surface area contributed by atoms with Crippen molar-refractivity contribution in [3.05, 3.63) is 0 Å². The molecule has 1 aliphatic carbocycles. The molecular formula is C13H20N2O6. The van der Waals surface area contributed by atoms with Crippen LogP contribution in [-0.4, -0.2) is 66.4 Å². The highest BCUT2D eigenvalue weighted by molar-refractivity contribution is 5.91. The van der Waals surface area contributed by atoms with Crippen molar-refractivity contribution in [2.45, 2.75) is 44.0 Å². The van der Waals surface area contributed by atoms with Crippen molar-refractivity contribution >= 4 is 18.0 Å². The van der Waals surface area contributed by atoms with Crippen LogP contribution in [0.1, 0.15) is 19.8 Å². The lowest BCUT2D eigenvalue weighted by Gasteiger charge is -2.31. The maximum absolute atomic E-state index is 12.7. The SMILES string of the molecule is COC(=O)NC(C(=O)N1[C@@H]2C[C@@H]2C[C@H]1C(=O)O)C(C)OC. The van der Waals surface area contributed by atoms with Crippen molar-refractivity contribution in [3.63, 3.8) is 0 Å². The number of nitrogens with zero attached hydrogens (tertiary/aromatic N) is 1. The second-order valence-electron chi connectivity index (χ2n) is 5.45. The van der Waals surface area contributed by atoms with Gasteiger partial charge in [0.05, 0.1) is 13.2 Å². The van der Waals surface area contributed by atoms with Crippen molar-refractivity contribution in [3.8, 4) is 0 Å². The van der Waals surface area contributed by atoms with Crippen LogP contribution in [-0.2, 0) is 19.1 Å². The third-order valence-corrected chi connectivity index (χ3v) is 4.21. The van der Waals surface area contributed by atoms with Crippen LogP contribution in [0, 0.1) is 5.92 Å². The van der Waals surface area contributed by atoms with Crippen LogP contribution in [0.25, 0.3) is 0 Å². The second-order valence-corrected chi connectivity index (χ2v) is 5.45. The molecule has 2 fully saturated rings. The Morgan fingerprint density at radius 1 is 1.29 bits per heavy atom. The molecule has 2 N–H and O–H groups in total. The summed E-state index contributed by atoms with van der Waals surface area (Å²) in [5, 5.41) is 11.7. The van der Waals surface area contributed by atoms with Gasteiger partial charge in [0.25, 0.3) is 0 Å². The summed E-state index contributed by atoms with van der Waals surface area (Å²) < 4.78 is 9.62. The highest BCUT2D eigenvalue weighted by Gasteiger charge is 2.57. The zero-order valence-corrected chi connectivity index (χ0v) is 12.2. The number of likely N-dealkylation sites (tertiary alicyclic amines) is 1. The summed E-state index contributed by atoms with van der Waals surface area (Å²) in [5.41, 5.74) is 0. The number of hydrogen-bond acceptors (Lipinski definition) is 5. The number of hydrogen-bond donors (Lipinski definition) is 2. The molecule has 118 valence electrons. The normalized spacial score (nSPS) is 29.3. The van der Waals surface area contributed by atoms with Gasteiger partial charge in [-0.1, -0.05) is 0 Å². The average Bonchev–Trinajstić information content (AvgIpc) is 3.13. The van der Waals surface area contributed by atoms with Gasteiger partial charge in [0.1, 0.15) is 12.1 Å². The van der Waals surface area contributed by atoms with Crippen LogP contribution in [0.15, 0.2) is 0 Å². The molecule has 8 nitrogen and oxygen atoms in total. The molecule has 1 heterocycles. The van der Waals surface area contributed by atoms with Gasteiger partial charge >= 0.3 is 12.1 Å². The van der Waals surface area contributed by atoms with E-state index in [9.17, 15) is 19.5 Å². The number of carbonyl (C=O) groups excluding carboxylic acids is 2. The van der Waals surface area contributed by atoms with Gasteiger partial charge in [-0.15, -0.1) is 0 Å². The molecule has 0 aromatic carbocycles. The molecule has 0 aromatic heterocycles. The minimum atomic E-state index is -1.02. The van der Waals surface area contributed by atoms with E-state index < -0.39 is 36.2 Å². The molecule has 1 saturated heterocycles. The molecule has 8 heteroatoms. The number of carboxylic acids is 1. The molecule has 0 aromatic rings. The number of carboxylic acid groups (broad SMARTS) is 1. The van der Waals surface area contributed by atoms with Gasteiger partial charge in [0.2, 0.25) is 5.91 Å². The van der Waals surface area contributed by atoms with Gasteiger partial charge in [0.15, 0.2) is 0 Å². The van der Waals surface area contributed by atoms with Crippen LogP contribution in [0.3, 0.4) is 0 Å². The first kappa shape index (κ1) is 15.6. The Labute approximate surface area is 122 Å². The number of piperidine rings is 1. The van der Waals surface area contributed by atoms with Crippen LogP contribution >= 0.6 is 0 Å². The number of rotatable bonds is 5. The molecular weight excluding hydrogens is 280 g/mol. The first-order chi connectivity index (χ1) is 9.90. The molecule has 5 atom stereocenters. The number of aliphatic carboxylic acids is 1. The van der Waals surface area contributed by atoms with Gasteiger partial charge in [0, 0.05) is 13.2 Å². The van der Waals surface area contributed by atoms with E-state index in [1.807, 2.05) is 0 Å². The third kappa shape index (κ3) is 2.94. The molecule has 0 bridgehead atoms. The third-order valence-electron chi connectivity index (χ3n) is 4.21. The highest BCUT2D eigenvalue weighted by atomic mass is 16.5. The van der Waals surface area contributed by atoms with Gasteiger partial charge < -0.3 is 24.8 Å². The maximum Gasteiger partial charge on any atom is 0.407 e. The molecule has 1 saturated carbocycles. The number of nitrogens with one attached hydrogen (secondary N) is 1. The lowest BCUT2D eigenvalue weighted by Crippen LogP contribution is -2.57. The fourth-order valence-corrected chi connectivity index (χ4v) is 2.86. The van der Waals surface area contributed by atoms with Crippen molar-refractivity contribution in [2.24, 2.45) is 5.92 Å². The topological polar surface area (TPSA) is 105 Å². The molecule has 2 aliphatic rings. The van der Waals surface area contributed by atoms with E-state index in [4.69, 9.17) is 4.74 Å². The quantitative estimate of drug-likeness (QED) is 0.729. The van der Waals surface area contributed by atoms with E-state index in [-0.39, 0.29) is 12.0 Å². The monoisotopic (exact) mass is 300 g/mol. The summed E-state index contributed by atoms with van der Waals surface area (Å²) in [6.45, 7) is 1.63. The zero-order chi connectivity index (χ0) is 15.7. The molecule has 0 radical (unpaired) electrons. The molecule has 1 aliphatic heterocycles. The zero-order valence-electron chi connectivity index (χ0n) is 12.2. The van der Waals surface area contributed by atoms with Crippen LogP contribution in [0.5, 0.6) is 0 Å². The van der Waals surface area contributed by atoms with E-state index in [1.165, 1.54) is 19.1 Å². The molecule has 0 spiro atoms. The van der Waals surface area contributed by atoms with Gasteiger partial charge in [-0.3, -0.25) is 4.79 Å². The summed E-state index contributed by atoms with van der Waals surface area (Å²) in [4.78, 5) is 36.7. The smallest absolute Gasteiger partial charge is 0.407 e. The van der Waals surface area contributed by atoms with Crippen molar-refractivity contribution < 1.29 is 29.0 Å². The predicted octanol–water partition coefficient (Wildman–Crippen LogP) is -0.180. The Morgan fingerprint density at radius 3 is 2.48 bits per heavy atom. The van der Waals surface area contributed by atoms with Gasteiger partial charge in [-0.25, -0.2) is 9.59 Å². The summed E-state index contributed by atoms with van der Waals surface area (Å²) >= 11 is 0. The molecule has 2 rings (SSSR count). The summed E-state index contributed by atoms with van der Waals surface area (Å²) in [5.74, 6) is -1.20. The van der Waals surface area contributed by atoms with Gasteiger partial charge in [-0.05, 0) is 25.7 Å². The summed E-state index contributed by atoms with van der Waals surface area (Å²) in [7, 11) is 2.61. The number of methoxy groups -OCH3 is 2. The minimum absolute atomic E-state index is 0.0374. The van der Waals surface area contributed by atoms with E-state index in [0.717, 1.165) is 6.42 Å². The Bertz CT molecular complexity index is 454. The lowest BCUT2D eigenvalue weighted by atomic mass is 10.1. The largest absolute Gasteiger partial charge is 0.480 e. The number of fused-ring (bicyclic) bond motifs is 1. The lowest BCUT2D eigenvalue weighted by molar-refractivity contribution is -0.151. The molecule has 2 amide bonds. The molecule has 21 heavy (non-hydrogen) atoms. The van der Waals surface area contributed by atoms with E-state index in [1.54, 1.807) is 6.92 Å². The first-order valence-electron chi connectivity index (χ1n) is 6.83. The van der Waals surface area contributed by atoms with Crippen molar-refractivity contribution in [2.75, 3.05) is 14.2 Å². The number of amides is 2. The highest BCUT2D eigenvalue weighted by Crippen LogP contribution is 2.48. The fourth-order valence-electron chi connectivity index (χ4n) is 2.86. The van der Waals surface area contributed by atoms with E-state index in [2.05, 4.69) is 10.1 Å². The van der Waals surface area contributed by atoms with Crippen molar-refractivity contribution in [1.82, 2.24) is 10.2 Å². The average molecular weight is 300 g/mol. The summed E-state index contributed by atoms with van der Waals surface area (Å²) in [6, 6.07) is -1.83. The standard InChI is InChI=1S/C13H20N2O6/c1-6(20-2)10(14-13(19)21-3)11(16)15-8-4-7(8)5-9(15)12(17)18/h6-10H,4-5H2,1-3H3,(H,14,19)(H,17,18)/t6?,7-,8-,9+,10?/m1/s1. The van der Waals surface area contributed by atoms with Crippen LogP contribution < -0.4 is 5.32 Å². The maximum atomic E-state index is 12.7. The van der Waals surface area contributed by atoms with Gasteiger partial charge in [-0.2, -0.15) is 0 Å². The summed E-state index contributed by atoms with van der Waals surface area (Å²) in [6.07, 6.45) is -0.0561. The van der Waals surface area contributed by atoms with Crippen molar-refractivity contribution in [1.29, 1.82) is 0 Å². The fraction of sp³-hybridized carbons (Fsp3) is 0.769. The van der Waals surface area contributed by atoms with Crippen LogP contribution in [0.2, 0.25) is 0 Å². The van der Waals surface area contributed by atoms with E-state index >= 15 is 0 Å². The van der Waals surface area contributed by atoms with Crippen LogP contribution in [0.4, 0.5) is 4.79 Å². The Balaban J connectivity index is 2.16. The number of carbonyl (C=O) groups is 3.